The van der Waals surface area contributed by atoms with Gasteiger partial charge in [-0.05, 0) is 24.6 Å². The maximum atomic E-state index is 13.5. The van der Waals surface area contributed by atoms with E-state index in [0.29, 0.717) is 36.1 Å². The first-order valence-corrected chi connectivity index (χ1v) is 11.3. The maximum Gasteiger partial charge on any atom is 0.325 e. The van der Waals surface area contributed by atoms with Crippen LogP contribution in [0.15, 0.2) is 53.4 Å². The van der Waals surface area contributed by atoms with Gasteiger partial charge in [-0.3, -0.25) is 14.5 Å². The number of amides is 4. The molecule has 3 heterocycles. The van der Waals surface area contributed by atoms with Crippen LogP contribution in [-0.2, 0) is 15.1 Å². The SMILES string of the molecule is C[C@H]1CCN(C(=O)CN2C(=O)N[C@]3(CCOc4ccccc43)C2=O)c2ccccc2S1. The van der Waals surface area contributed by atoms with Gasteiger partial charge in [-0.1, -0.05) is 37.3 Å². The van der Waals surface area contributed by atoms with E-state index in [-0.39, 0.29) is 12.5 Å². The van der Waals surface area contributed by atoms with Crippen LogP contribution in [0.4, 0.5) is 10.5 Å². The molecule has 0 aliphatic carbocycles. The Kier molecular flexibility index (Phi) is 4.89. The second-order valence-corrected chi connectivity index (χ2v) is 9.53. The van der Waals surface area contributed by atoms with Crippen LogP contribution < -0.4 is 15.0 Å². The summed E-state index contributed by atoms with van der Waals surface area (Å²) in [6, 6.07) is 14.5. The van der Waals surface area contributed by atoms with Crippen molar-refractivity contribution in [3.8, 4) is 5.75 Å². The third-order valence-electron chi connectivity index (χ3n) is 6.10. The van der Waals surface area contributed by atoms with Gasteiger partial charge in [0.25, 0.3) is 5.91 Å². The number of rotatable bonds is 2. The minimum Gasteiger partial charge on any atom is -0.493 e. The Morgan fingerprint density at radius 1 is 1.19 bits per heavy atom. The molecule has 4 amide bonds. The highest BCUT2D eigenvalue weighted by Gasteiger charge is 2.55. The highest BCUT2D eigenvalue weighted by molar-refractivity contribution is 8.00. The number of ether oxygens (including phenoxy) is 1. The number of carbonyl (C=O) groups excluding carboxylic acids is 3. The number of thioether (sulfide) groups is 1. The van der Waals surface area contributed by atoms with E-state index in [1.165, 1.54) is 0 Å². The first-order chi connectivity index (χ1) is 15.0. The van der Waals surface area contributed by atoms with Crippen LogP contribution in [0, 0.1) is 0 Å². The lowest BCUT2D eigenvalue weighted by Gasteiger charge is -2.33. The summed E-state index contributed by atoms with van der Waals surface area (Å²) in [5.74, 6) is -0.0708. The van der Waals surface area contributed by atoms with Crippen molar-refractivity contribution in [2.45, 2.75) is 35.4 Å². The predicted octanol–water partition coefficient (Wildman–Crippen LogP) is 3.13. The van der Waals surface area contributed by atoms with E-state index in [1.54, 1.807) is 28.8 Å². The summed E-state index contributed by atoms with van der Waals surface area (Å²) in [4.78, 5) is 43.4. The molecule has 2 atom stereocenters. The van der Waals surface area contributed by atoms with Crippen molar-refractivity contribution in [1.82, 2.24) is 10.2 Å². The molecule has 2 aromatic rings. The van der Waals surface area contributed by atoms with Gasteiger partial charge in [-0.15, -0.1) is 11.8 Å². The Bertz CT molecular complexity index is 1070. The number of anilines is 1. The van der Waals surface area contributed by atoms with Gasteiger partial charge in [-0.25, -0.2) is 4.79 Å². The molecule has 1 spiro atoms. The molecular formula is C23H23N3O4S. The number of urea groups is 1. The zero-order chi connectivity index (χ0) is 21.6. The van der Waals surface area contributed by atoms with Crippen LogP contribution in [0.25, 0.3) is 0 Å². The molecule has 0 saturated carbocycles. The second kappa shape index (κ2) is 7.60. The largest absolute Gasteiger partial charge is 0.493 e. The lowest BCUT2D eigenvalue weighted by molar-refractivity contribution is -0.135. The molecule has 160 valence electrons. The average molecular weight is 438 g/mol. The standard InChI is InChI=1S/C23H23N3O4S/c1-15-10-12-25(17-7-3-5-9-19(17)31-15)20(27)14-26-21(28)23(24-22(26)29)11-13-30-18-8-4-2-6-16(18)23/h2-9,15H,10-14H2,1H3,(H,24,29)/t15-,23-/m0/s1. The van der Waals surface area contributed by atoms with E-state index >= 15 is 0 Å². The van der Waals surface area contributed by atoms with Crippen LogP contribution in [0.2, 0.25) is 0 Å². The summed E-state index contributed by atoms with van der Waals surface area (Å²) in [5.41, 5.74) is 0.299. The highest BCUT2D eigenvalue weighted by Crippen LogP contribution is 2.41. The number of nitrogens with zero attached hydrogens (tertiary/aromatic N) is 2. The minimum absolute atomic E-state index is 0.261. The average Bonchev–Trinajstić information content (AvgIpc) is 2.90. The van der Waals surface area contributed by atoms with Crippen molar-refractivity contribution in [1.29, 1.82) is 0 Å². The number of nitrogens with one attached hydrogen (secondary N) is 1. The van der Waals surface area contributed by atoms with Gasteiger partial charge >= 0.3 is 6.03 Å². The van der Waals surface area contributed by atoms with Crippen molar-refractivity contribution in [3.63, 3.8) is 0 Å². The van der Waals surface area contributed by atoms with E-state index in [4.69, 9.17) is 4.74 Å². The Balaban J connectivity index is 1.42. The summed E-state index contributed by atoms with van der Waals surface area (Å²) in [5, 5.41) is 3.23. The zero-order valence-corrected chi connectivity index (χ0v) is 18.0. The Labute approximate surface area is 184 Å². The molecule has 3 aliphatic heterocycles. The lowest BCUT2D eigenvalue weighted by Crippen LogP contribution is -2.48. The van der Waals surface area contributed by atoms with Gasteiger partial charge in [0.1, 0.15) is 12.3 Å². The molecule has 0 bridgehead atoms. The van der Waals surface area contributed by atoms with Crippen LogP contribution in [0.3, 0.4) is 0 Å². The molecule has 2 aromatic carbocycles. The molecule has 5 rings (SSSR count). The zero-order valence-electron chi connectivity index (χ0n) is 17.2. The number of benzene rings is 2. The topological polar surface area (TPSA) is 79.0 Å². The van der Waals surface area contributed by atoms with E-state index in [1.807, 2.05) is 36.4 Å². The molecule has 0 radical (unpaired) electrons. The molecule has 0 unspecified atom stereocenters. The van der Waals surface area contributed by atoms with Crippen molar-refractivity contribution >= 4 is 35.3 Å². The number of fused-ring (bicyclic) bond motifs is 3. The number of hydrogen-bond donors (Lipinski definition) is 1. The number of carbonyl (C=O) groups is 3. The van der Waals surface area contributed by atoms with E-state index < -0.39 is 17.5 Å². The molecule has 7 nitrogen and oxygen atoms in total. The van der Waals surface area contributed by atoms with Gasteiger partial charge in [0.05, 0.1) is 12.3 Å². The molecule has 0 aromatic heterocycles. The third kappa shape index (κ3) is 3.26. The van der Waals surface area contributed by atoms with Gasteiger partial charge in [0.15, 0.2) is 5.54 Å². The molecule has 1 saturated heterocycles. The lowest BCUT2D eigenvalue weighted by atomic mass is 9.84. The summed E-state index contributed by atoms with van der Waals surface area (Å²) in [7, 11) is 0. The molecule has 1 N–H and O–H groups in total. The Morgan fingerprint density at radius 2 is 1.97 bits per heavy atom. The van der Waals surface area contributed by atoms with E-state index in [9.17, 15) is 14.4 Å². The fourth-order valence-electron chi connectivity index (χ4n) is 4.48. The number of para-hydroxylation sites is 2. The summed E-state index contributed by atoms with van der Waals surface area (Å²) >= 11 is 1.74. The smallest absolute Gasteiger partial charge is 0.325 e. The summed E-state index contributed by atoms with van der Waals surface area (Å²) in [6.45, 7) is 2.72. The van der Waals surface area contributed by atoms with Crippen LogP contribution in [-0.4, -0.2) is 47.7 Å². The van der Waals surface area contributed by atoms with Crippen molar-refractivity contribution in [3.05, 3.63) is 54.1 Å². The van der Waals surface area contributed by atoms with E-state index in [2.05, 4.69) is 12.2 Å². The van der Waals surface area contributed by atoms with Crippen molar-refractivity contribution in [2.24, 2.45) is 0 Å². The van der Waals surface area contributed by atoms with Gasteiger partial charge in [0.2, 0.25) is 5.91 Å². The van der Waals surface area contributed by atoms with E-state index in [0.717, 1.165) is 21.9 Å². The predicted molar refractivity (Wildman–Crippen MR) is 117 cm³/mol. The first kappa shape index (κ1) is 19.9. The van der Waals surface area contributed by atoms with Crippen LogP contribution in [0.5, 0.6) is 5.75 Å². The fraction of sp³-hybridized carbons (Fsp3) is 0.348. The monoisotopic (exact) mass is 437 g/mol. The highest BCUT2D eigenvalue weighted by atomic mass is 32.2. The third-order valence-corrected chi connectivity index (χ3v) is 7.33. The van der Waals surface area contributed by atoms with Crippen molar-refractivity contribution in [2.75, 3.05) is 24.6 Å². The number of hydrogen-bond acceptors (Lipinski definition) is 5. The van der Waals surface area contributed by atoms with Crippen LogP contribution in [0.1, 0.15) is 25.3 Å². The molecule has 8 heteroatoms. The van der Waals surface area contributed by atoms with Crippen molar-refractivity contribution < 1.29 is 19.1 Å². The second-order valence-electron chi connectivity index (χ2n) is 8.05. The fourth-order valence-corrected chi connectivity index (χ4v) is 5.59. The summed E-state index contributed by atoms with van der Waals surface area (Å²) < 4.78 is 5.67. The quantitative estimate of drug-likeness (QED) is 0.731. The van der Waals surface area contributed by atoms with Gasteiger partial charge < -0.3 is 15.0 Å². The Hall–Kier alpha value is -3.00. The minimum atomic E-state index is -1.17. The molecule has 1 fully saturated rings. The van der Waals surface area contributed by atoms with Gasteiger partial charge in [0, 0.05) is 28.7 Å². The molecule has 3 aliphatic rings. The maximum absolute atomic E-state index is 13.5. The molecular weight excluding hydrogens is 414 g/mol. The Morgan fingerprint density at radius 3 is 2.84 bits per heavy atom. The molecule has 31 heavy (non-hydrogen) atoms. The van der Waals surface area contributed by atoms with Gasteiger partial charge in [-0.2, -0.15) is 0 Å². The first-order valence-electron chi connectivity index (χ1n) is 10.4. The number of imide groups is 1. The van der Waals surface area contributed by atoms with Crippen LogP contribution >= 0.6 is 11.8 Å². The summed E-state index contributed by atoms with van der Waals surface area (Å²) in [6.07, 6.45) is 1.17. The normalized spacial score (nSPS) is 24.9.